The van der Waals surface area contributed by atoms with Crippen LogP contribution in [-0.2, 0) is 0 Å². The smallest absolute Gasteiger partial charge is 0.184 e. The highest BCUT2D eigenvalue weighted by Gasteiger charge is 2.12. The summed E-state index contributed by atoms with van der Waals surface area (Å²) >= 11 is 6.69. The summed E-state index contributed by atoms with van der Waals surface area (Å²) in [5.41, 5.74) is 0. The monoisotopic (exact) mass is 290 g/mol. The fourth-order valence-electron chi connectivity index (χ4n) is 0.912. The largest absolute Gasteiger partial charge is 0.460 e. The van der Waals surface area contributed by atoms with Gasteiger partial charge in [0, 0.05) is 0 Å². The van der Waals surface area contributed by atoms with Crippen LogP contribution in [0.3, 0.4) is 0 Å². The van der Waals surface area contributed by atoms with Crippen molar-refractivity contribution < 1.29 is 8.83 Å². The summed E-state index contributed by atoms with van der Waals surface area (Å²) in [6.07, 6.45) is 3.21. The zero-order valence-electron chi connectivity index (χ0n) is 5.88. The van der Waals surface area contributed by atoms with Gasteiger partial charge in [-0.05, 0) is 44.0 Å². The molecule has 0 atom stereocenters. The molecule has 0 unspecified atom stereocenters. The zero-order chi connectivity index (χ0) is 8.55. The Labute approximate surface area is 85.8 Å². The molecule has 2 heterocycles. The van der Waals surface area contributed by atoms with Gasteiger partial charge in [0.25, 0.3) is 0 Å². The van der Waals surface area contributed by atoms with Crippen LogP contribution in [0.1, 0.15) is 0 Å². The first kappa shape index (κ1) is 8.13. The normalized spacial score (nSPS) is 10.5. The summed E-state index contributed by atoms with van der Waals surface area (Å²) in [7, 11) is 0. The Hall–Kier alpha value is -0.480. The predicted molar refractivity (Wildman–Crippen MR) is 51.8 cm³/mol. The maximum atomic E-state index is 5.22. The third-order valence-corrected chi connectivity index (χ3v) is 2.69. The third kappa shape index (κ3) is 1.25. The van der Waals surface area contributed by atoms with Crippen molar-refractivity contribution in [1.82, 2.24) is 0 Å². The van der Waals surface area contributed by atoms with E-state index in [0.29, 0.717) is 11.5 Å². The molecule has 0 radical (unpaired) electrons. The van der Waals surface area contributed by atoms with E-state index in [-0.39, 0.29) is 0 Å². The Morgan fingerprint density at radius 1 is 0.833 bits per heavy atom. The van der Waals surface area contributed by atoms with Gasteiger partial charge in [0.2, 0.25) is 0 Å². The molecule has 2 aromatic heterocycles. The van der Waals surface area contributed by atoms with Gasteiger partial charge in [-0.25, -0.2) is 0 Å². The van der Waals surface area contributed by atoms with E-state index in [9.17, 15) is 0 Å². The summed E-state index contributed by atoms with van der Waals surface area (Å²) in [4.78, 5) is 0. The van der Waals surface area contributed by atoms with Crippen LogP contribution in [0.25, 0.3) is 11.5 Å². The van der Waals surface area contributed by atoms with Gasteiger partial charge in [-0.2, -0.15) is 0 Å². The first-order chi connectivity index (χ1) is 5.79. The lowest BCUT2D eigenvalue weighted by atomic mass is 10.3. The summed E-state index contributed by atoms with van der Waals surface area (Å²) in [6.45, 7) is 0. The zero-order valence-corrected chi connectivity index (χ0v) is 9.05. The standard InChI is InChI=1S/C8H4Br2O2/c9-5-1-3-11-7(5)8-6(10)2-4-12-8/h1-4H. The molecule has 2 nitrogen and oxygen atoms in total. The molecule has 0 N–H and O–H groups in total. The molecule has 0 saturated heterocycles. The lowest BCUT2D eigenvalue weighted by Crippen LogP contribution is -1.69. The first-order valence-electron chi connectivity index (χ1n) is 3.25. The number of hydrogen-bond donors (Lipinski definition) is 0. The van der Waals surface area contributed by atoms with Crippen molar-refractivity contribution in [3.63, 3.8) is 0 Å². The van der Waals surface area contributed by atoms with Gasteiger partial charge in [0.15, 0.2) is 11.5 Å². The molecule has 0 spiro atoms. The second kappa shape index (κ2) is 3.11. The minimum Gasteiger partial charge on any atom is -0.460 e. The molecule has 4 heteroatoms. The van der Waals surface area contributed by atoms with Gasteiger partial charge in [-0.15, -0.1) is 0 Å². The minimum atomic E-state index is 0.701. The summed E-state index contributed by atoms with van der Waals surface area (Å²) in [5, 5.41) is 0. The van der Waals surface area contributed by atoms with E-state index in [0.717, 1.165) is 8.95 Å². The van der Waals surface area contributed by atoms with E-state index in [1.807, 2.05) is 12.1 Å². The number of hydrogen-bond acceptors (Lipinski definition) is 2. The van der Waals surface area contributed by atoms with Crippen molar-refractivity contribution in [2.45, 2.75) is 0 Å². The fraction of sp³-hybridized carbons (Fsp3) is 0. The Morgan fingerprint density at radius 2 is 1.25 bits per heavy atom. The van der Waals surface area contributed by atoms with Gasteiger partial charge in [-0.1, -0.05) is 0 Å². The second-order valence-corrected chi connectivity index (χ2v) is 3.90. The number of rotatable bonds is 1. The first-order valence-corrected chi connectivity index (χ1v) is 4.84. The van der Waals surface area contributed by atoms with E-state index >= 15 is 0 Å². The third-order valence-electron chi connectivity index (χ3n) is 1.44. The number of halogens is 2. The predicted octanol–water partition coefficient (Wildman–Crippen LogP) is 4.06. The highest BCUT2D eigenvalue weighted by molar-refractivity contribution is 9.11. The van der Waals surface area contributed by atoms with Crippen LogP contribution in [0.5, 0.6) is 0 Å². The van der Waals surface area contributed by atoms with E-state index in [1.54, 1.807) is 12.5 Å². The van der Waals surface area contributed by atoms with Gasteiger partial charge >= 0.3 is 0 Å². The van der Waals surface area contributed by atoms with Crippen LogP contribution in [0.2, 0.25) is 0 Å². The SMILES string of the molecule is Brc1ccoc1-c1occc1Br. The Balaban J connectivity index is 2.57. The van der Waals surface area contributed by atoms with Crippen molar-refractivity contribution in [2.75, 3.05) is 0 Å². The molecule has 0 aliphatic rings. The molecule has 0 bridgehead atoms. The molecule has 0 fully saturated rings. The summed E-state index contributed by atoms with van der Waals surface area (Å²) in [6, 6.07) is 3.65. The van der Waals surface area contributed by atoms with Crippen LogP contribution < -0.4 is 0 Å². The van der Waals surface area contributed by atoms with Crippen molar-refractivity contribution in [3.05, 3.63) is 33.6 Å². The lowest BCUT2D eigenvalue weighted by Gasteiger charge is -1.92. The molecule has 0 amide bonds. The second-order valence-electron chi connectivity index (χ2n) is 2.20. The molecule has 2 aromatic rings. The van der Waals surface area contributed by atoms with E-state index in [4.69, 9.17) is 8.83 Å². The quantitative estimate of drug-likeness (QED) is 0.792. The number of furan rings is 2. The minimum absolute atomic E-state index is 0.701. The highest BCUT2D eigenvalue weighted by Crippen LogP contribution is 2.34. The van der Waals surface area contributed by atoms with Gasteiger partial charge in [-0.3, -0.25) is 0 Å². The molecule has 0 aliphatic carbocycles. The van der Waals surface area contributed by atoms with Crippen molar-refractivity contribution >= 4 is 31.9 Å². The molecule has 0 aromatic carbocycles. The molecular formula is C8H4Br2O2. The molecule has 12 heavy (non-hydrogen) atoms. The molecule has 0 aliphatic heterocycles. The Morgan fingerprint density at radius 3 is 1.50 bits per heavy atom. The van der Waals surface area contributed by atoms with Gasteiger partial charge in [0.05, 0.1) is 21.5 Å². The maximum Gasteiger partial charge on any atom is 0.184 e. The molecule has 62 valence electrons. The molecule has 2 rings (SSSR count). The molecular weight excluding hydrogens is 288 g/mol. The van der Waals surface area contributed by atoms with Gasteiger partial charge in [0.1, 0.15) is 0 Å². The average Bonchev–Trinajstić information content (AvgIpc) is 2.59. The lowest BCUT2D eigenvalue weighted by molar-refractivity contribution is 0.522. The van der Waals surface area contributed by atoms with Crippen molar-refractivity contribution in [2.24, 2.45) is 0 Å². The summed E-state index contributed by atoms with van der Waals surface area (Å²) < 4.78 is 12.2. The van der Waals surface area contributed by atoms with Gasteiger partial charge < -0.3 is 8.83 Å². The summed E-state index contributed by atoms with van der Waals surface area (Å²) in [5.74, 6) is 1.40. The van der Waals surface area contributed by atoms with Crippen LogP contribution in [-0.4, -0.2) is 0 Å². The average molecular weight is 292 g/mol. The van der Waals surface area contributed by atoms with E-state index in [1.165, 1.54) is 0 Å². The maximum absolute atomic E-state index is 5.22. The molecule has 0 saturated carbocycles. The topological polar surface area (TPSA) is 26.3 Å². The fourth-order valence-corrected chi connectivity index (χ4v) is 1.67. The van der Waals surface area contributed by atoms with Crippen LogP contribution in [0.4, 0.5) is 0 Å². The van der Waals surface area contributed by atoms with Crippen molar-refractivity contribution in [1.29, 1.82) is 0 Å². The van der Waals surface area contributed by atoms with Crippen LogP contribution >= 0.6 is 31.9 Å². The van der Waals surface area contributed by atoms with E-state index < -0.39 is 0 Å². The Kier molecular flexibility index (Phi) is 2.11. The van der Waals surface area contributed by atoms with Crippen LogP contribution in [0.15, 0.2) is 42.4 Å². The van der Waals surface area contributed by atoms with Crippen molar-refractivity contribution in [3.8, 4) is 11.5 Å². The Bertz CT molecular complexity index is 351. The van der Waals surface area contributed by atoms with E-state index in [2.05, 4.69) is 31.9 Å². The van der Waals surface area contributed by atoms with Crippen LogP contribution in [0, 0.1) is 0 Å². The highest BCUT2D eigenvalue weighted by atomic mass is 79.9.